The summed E-state index contributed by atoms with van der Waals surface area (Å²) in [5.41, 5.74) is 1.61. The molecule has 0 bridgehead atoms. The molecule has 27 heavy (non-hydrogen) atoms. The van der Waals surface area contributed by atoms with E-state index in [4.69, 9.17) is 23.2 Å². The molecular weight excluding hydrogens is 383 g/mol. The molecule has 1 N–H and O–H groups in total. The van der Waals surface area contributed by atoms with Gasteiger partial charge in [0.2, 0.25) is 0 Å². The first-order valence-corrected chi connectivity index (χ1v) is 10.0. The summed E-state index contributed by atoms with van der Waals surface area (Å²) >= 11 is 12.6. The molecule has 142 valence electrons. The summed E-state index contributed by atoms with van der Waals surface area (Å²) < 4.78 is 1.92. The zero-order valence-electron chi connectivity index (χ0n) is 15.0. The first-order valence-electron chi connectivity index (χ1n) is 9.27. The predicted octanol–water partition coefficient (Wildman–Crippen LogP) is 4.03. The highest BCUT2D eigenvalue weighted by molar-refractivity contribution is 6.35. The number of imidazole rings is 1. The molecule has 0 amide bonds. The third kappa shape index (κ3) is 4.18. The van der Waals surface area contributed by atoms with Gasteiger partial charge in [-0.05, 0) is 38.1 Å². The fraction of sp³-hybridized carbons (Fsp3) is 0.421. The molecule has 1 aromatic rings. The number of halogens is 2. The Morgan fingerprint density at radius 1 is 1.00 bits per heavy atom. The van der Waals surface area contributed by atoms with Crippen LogP contribution in [0.15, 0.2) is 30.9 Å². The van der Waals surface area contributed by atoms with Crippen LogP contribution in [0.5, 0.6) is 0 Å². The molecule has 0 unspecified atom stereocenters. The van der Waals surface area contributed by atoms with Crippen molar-refractivity contribution < 1.29 is 0 Å². The minimum Gasteiger partial charge on any atom is -0.367 e. The molecule has 8 heteroatoms. The second-order valence-electron chi connectivity index (χ2n) is 6.80. The fourth-order valence-corrected chi connectivity index (χ4v) is 4.01. The minimum atomic E-state index is 0.495. The summed E-state index contributed by atoms with van der Waals surface area (Å²) in [6, 6.07) is 5.51. The second-order valence-corrected chi connectivity index (χ2v) is 7.61. The van der Waals surface area contributed by atoms with Crippen LogP contribution >= 0.6 is 23.2 Å². The maximum absolute atomic E-state index is 6.31. The molecule has 3 aliphatic rings. The second kappa shape index (κ2) is 8.42. The predicted molar refractivity (Wildman–Crippen MR) is 109 cm³/mol. The van der Waals surface area contributed by atoms with Gasteiger partial charge >= 0.3 is 0 Å². The Hall–Kier alpha value is -1.89. The lowest BCUT2D eigenvalue weighted by molar-refractivity contribution is 0.237. The molecule has 1 saturated heterocycles. The lowest BCUT2D eigenvalue weighted by Crippen LogP contribution is -2.33. The van der Waals surface area contributed by atoms with Gasteiger partial charge in [-0.1, -0.05) is 35.7 Å². The van der Waals surface area contributed by atoms with Crippen LogP contribution in [0, 0.1) is 0 Å². The lowest BCUT2D eigenvalue weighted by atomic mass is 10.1. The molecule has 6 nitrogen and oxygen atoms in total. The van der Waals surface area contributed by atoms with Gasteiger partial charge in [-0.15, -0.1) is 0 Å². The number of nitrogens with zero attached hydrogens (tertiary/aromatic N) is 5. The molecule has 1 aromatic carbocycles. The Morgan fingerprint density at radius 2 is 1.78 bits per heavy atom. The number of likely N-dealkylation sites (tertiary alicyclic amines) is 1. The van der Waals surface area contributed by atoms with Gasteiger partial charge in [-0.2, -0.15) is 0 Å². The Bertz CT molecular complexity index is 854. The van der Waals surface area contributed by atoms with Crippen LogP contribution in [0.4, 0.5) is 5.82 Å². The van der Waals surface area contributed by atoms with Crippen LogP contribution in [0.25, 0.3) is 11.5 Å². The van der Waals surface area contributed by atoms with Crippen molar-refractivity contribution in [3.63, 3.8) is 0 Å². The van der Waals surface area contributed by atoms with Gasteiger partial charge in [-0.3, -0.25) is 0 Å². The molecule has 3 aliphatic heterocycles. The van der Waals surface area contributed by atoms with Gasteiger partial charge in [0.05, 0.1) is 12.9 Å². The van der Waals surface area contributed by atoms with Crippen LogP contribution in [0.2, 0.25) is 10.0 Å². The normalized spacial score (nSPS) is 15.3. The molecule has 0 aromatic heterocycles. The zero-order chi connectivity index (χ0) is 18.6. The standard InChI is InChI=1S/C19H22Cl2N6/c20-15-5-4-6-16(21)14(15)11-27-13-25-18(17-19(27)24-12-23-17)22-7-10-26-8-2-1-3-9-26/h4-6,12-13,22H,1-3,7-11H2. The minimum absolute atomic E-state index is 0.495. The average molecular weight is 405 g/mol. The topological polar surface area (TPSA) is 58.9 Å². The molecule has 1 fully saturated rings. The van der Waals surface area contributed by atoms with E-state index in [0.717, 1.165) is 36.0 Å². The Morgan fingerprint density at radius 3 is 2.56 bits per heavy atom. The number of aromatic nitrogens is 4. The number of rotatable bonds is 6. The quantitative estimate of drug-likeness (QED) is 0.671. The van der Waals surface area contributed by atoms with Gasteiger partial charge < -0.3 is 14.8 Å². The zero-order valence-corrected chi connectivity index (χ0v) is 16.5. The number of fused-ring (bicyclic) bond motifs is 1. The summed E-state index contributed by atoms with van der Waals surface area (Å²) in [4.78, 5) is 15.9. The van der Waals surface area contributed by atoms with E-state index in [1.807, 2.05) is 22.8 Å². The van der Waals surface area contributed by atoms with Crippen molar-refractivity contribution in [2.75, 3.05) is 31.5 Å². The van der Waals surface area contributed by atoms with Crippen LogP contribution in [-0.2, 0) is 6.54 Å². The molecule has 3 heterocycles. The Kier molecular flexibility index (Phi) is 5.76. The van der Waals surface area contributed by atoms with Crippen molar-refractivity contribution in [3.05, 3.63) is 46.5 Å². The van der Waals surface area contributed by atoms with E-state index in [-0.39, 0.29) is 0 Å². The Balaban J connectivity index is 1.48. The SMILES string of the molecule is Clc1cccc(Cl)c1Cn1cnc(NCCN2CCCCC2)c2ncnc1-2. The van der Waals surface area contributed by atoms with Crippen LogP contribution in [0.3, 0.4) is 0 Å². The smallest absolute Gasteiger partial charge is 0.165 e. The van der Waals surface area contributed by atoms with Crippen molar-refractivity contribution >= 4 is 29.0 Å². The van der Waals surface area contributed by atoms with E-state index in [1.54, 1.807) is 12.7 Å². The van der Waals surface area contributed by atoms with Gasteiger partial charge in [0.15, 0.2) is 17.3 Å². The van der Waals surface area contributed by atoms with Gasteiger partial charge in [0.25, 0.3) is 0 Å². The average Bonchev–Trinajstić information content (AvgIpc) is 3.17. The summed E-state index contributed by atoms with van der Waals surface area (Å²) in [6.45, 7) is 4.73. The number of nitrogens with one attached hydrogen (secondary N) is 1. The Labute approximate surface area is 168 Å². The molecular formula is C19H22Cl2N6. The highest BCUT2D eigenvalue weighted by Gasteiger charge is 2.18. The number of hydrogen-bond donors (Lipinski definition) is 1. The molecule has 0 saturated carbocycles. The van der Waals surface area contributed by atoms with Crippen molar-refractivity contribution in [3.8, 4) is 11.5 Å². The number of hydrogen-bond acceptors (Lipinski definition) is 5. The number of benzene rings is 1. The fourth-order valence-electron chi connectivity index (χ4n) is 3.49. The van der Waals surface area contributed by atoms with Crippen LogP contribution < -0.4 is 5.32 Å². The molecule has 0 spiro atoms. The molecule has 0 aliphatic carbocycles. The van der Waals surface area contributed by atoms with Gasteiger partial charge in [0.1, 0.15) is 6.33 Å². The number of piperidine rings is 1. The summed E-state index contributed by atoms with van der Waals surface area (Å²) in [7, 11) is 0. The maximum atomic E-state index is 6.31. The van der Waals surface area contributed by atoms with Crippen molar-refractivity contribution in [1.82, 2.24) is 24.4 Å². The third-order valence-electron chi connectivity index (χ3n) is 4.96. The van der Waals surface area contributed by atoms with Crippen LogP contribution in [-0.4, -0.2) is 50.6 Å². The van der Waals surface area contributed by atoms with E-state index in [9.17, 15) is 0 Å². The first kappa shape index (κ1) is 18.5. The van der Waals surface area contributed by atoms with E-state index in [0.29, 0.717) is 16.6 Å². The molecule has 0 radical (unpaired) electrons. The van der Waals surface area contributed by atoms with Gasteiger partial charge in [0, 0.05) is 28.7 Å². The highest BCUT2D eigenvalue weighted by Crippen LogP contribution is 2.29. The number of anilines is 1. The molecule has 0 atom stereocenters. The monoisotopic (exact) mass is 404 g/mol. The third-order valence-corrected chi connectivity index (χ3v) is 5.67. The van der Waals surface area contributed by atoms with E-state index in [1.165, 1.54) is 32.4 Å². The summed E-state index contributed by atoms with van der Waals surface area (Å²) in [5.74, 6) is 1.53. The highest BCUT2D eigenvalue weighted by atomic mass is 35.5. The van der Waals surface area contributed by atoms with E-state index < -0.39 is 0 Å². The van der Waals surface area contributed by atoms with E-state index >= 15 is 0 Å². The lowest BCUT2D eigenvalue weighted by Gasteiger charge is -2.26. The largest absolute Gasteiger partial charge is 0.367 e. The molecule has 4 rings (SSSR count). The van der Waals surface area contributed by atoms with E-state index in [2.05, 4.69) is 25.2 Å². The summed E-state index contributed by atoms with van der Waals surface area (Å²) in [6.07, 6.45) is 7.27. The summed E-state index contributed by atoms with van der Waals surface area (Å²) in [5, 5.41) is 4.68. The van der Waals surface area contributed by atoms with Crippen molar-refractivity contribution in [2.24, 2.45) is 0 Å². The van der Waals surface area contributed by atoms with Gasteiger partial charge in [-0.25, -0.2) is 15.0 Å². The van der Waals surface area contributed by atoms with Crippen LogP contribution in [0.1, 0.15) is 24.8 Å². The van der Waals surface area contributed by atoms with Crippen molar-refractivity contribution in [2.45, 2.75) is 25.8 Å². The first-order chi connectivity index (χ1) is 13.2. The maximum Gasteiger partial charge on any atom is 0.165 e. The van der Waals surface area contributed by atoms with Crippen molar-refractivity contribution in [1.29, 1.82) is 0 Å².